The lowest BCUT2D eigenvalue weighted by Gasteiger charge is -2.13. The summed E-state index contributed by atoms with van der Waals surface area (Å²) in [6.07, 6.45) is 0. The lowest BCUT2D eigenvalue weighted by molar-refractivity contribution is 0.341. The van der Waals surface area contributed by atoms with Crippen molar-refractivity contribution in [2.75, 3.05) is 11.9 Å². The predicted octanol–water partition coefficient (Wildman–Crippen LogP) is 4.31. The Morgan fingerprint density at radius 2 is 1.68 bits per heavy atom. The Kier molecular flexibility index (Phi) is 4.45. The average molecular weight is 255 g/mol. The lowest BCUT2D eigenvalue weighted by Crippen LogP contribution is -2.03. The average Bonchev–Trinajstić information content (AvgIpc) is 2.37. The normalized spacial score (nSPS) is 10.3. The quantitative estimate of drug-likeness (QED) is 0.859. The van der Waals surface area contributed by atoms with Crippen molar-refractivity contribution in [1.29, 1.82) is 0 Å². The van der Waals surface area contributed by atoms with Gasteiger partial charge in [-0.1, -0.05) is 41.5 Å². The van der Waals surface area contributed by atoms with Crippen LogP contribution >= 0.6 is 0 Å². The summed E-state index contributed by atoms with van der Waals surface area (Å²) in [5, 5.41) is 3.44. The minimum atomic E-state index is 0.683. The molecule has 0 aromatic heterocycles. The van der Waals surface area contributed by atoms with E-state index in [2.05, 4.69) is 37.4 Å². The molecule has 0 unspecified atom stereocenters. The molecule has 0 aliphatic carbocycles. The topological polar surface area (TPSA) is 21.3 Å². The van der Waals surface area contributed by atoms with Crippen LogP contribution < -0.4 is 10.1 Å². The number of para-hydroxylation sites is 2. The van der Waals surface area contributed by atoms with Crippen molar-refractivity contribution in [3.05, 3.63) is 59.2 Å². The molecule has 1 N–H and O–H groups in total. The highest BCUT2D eigenvalue weighted by Crippen LogP contribution is 2.24. The summed E-state index contributed by atoms with van der Waals surface area (Å²) in [6.45, 7) is 7.75. The van der Waals surface area contributed by atoms with E-state index in [1.54, 1.807) is 0 Å². The zero-order chi connectivity index (χ0) is 13.7. The summed E-state index contributed by atoms with van der Waals surface area (Å²) in [7, 11) is 0. The van der Waals surface area contributed by atoms with Crippen LogP contribution in [0.4, 0.5) is 5.69 Å². The van der Waals surface area contributed by atoms with Crippen LogP contribution in [0, 0.1) is 13.8 Å². The van der Waals surface area contributed by atoms with Gasteiger partial charge in [0, 0.05) is 6.54 Å². The van der Waals surface area contributed by atoms with E-state index in [9.17, 15) is 0 Å². The number of hydrogen-bond acceptors (Lipinski definition) is 2. The first-order valence-corrected chi connectivity index (χ1v) is 6.72. The van der Waals surface area contributed by atoms with E-state index in [1.807, 2.05) is 31.2 Å². The highest BCUT2D eigenvalue weighted by Gasteiger charge is 2.02. The summed E-state index contributed by atoms with van der Waals surface area (Å²) in [4.78, 5) is 0. The smallest absolute Gasteiger partial charge is 0.142 e. The van der Waals surface area contributed by atoms with Crippen LogP contribution in [0.5, 0.6) is 5.75 Å². The van der Waals surface area contributed by atoms with Crippen LogP contribution in [0.3, 0.4) is 0 Å². The molecule has 0 bridgehead atoms. The van der Waals surface area contributed by atoms with E-state index in [1.165, 1.54) is 16.7 Å². The van der Waals surface area contributed by atoms with Crippen molar-refractivity contribution in [3.8, 4) is 5.75 Å². The number of hydrogen-bond donors (Lipinski definition) is 1. The van der Waals surface area contributed by atoms with E-state index in [0.717, 1.165) is 18.0 Å². The Labute approximate surface area is 115 Å². The summed E-state index contributed by atoms with van der Waals surface area (Å²) < 4.78 is 5.61. The molecule has 0 radical (unpaired) electrons. The number of benzene rings is 2. The summed E-state index contributed by atoms with van der Waals surface area (Å²) in [5.74, 6) is 0.911. The molecule has 0 amide bonds. The standard InChI is InChI=1S/C17H21NO/c1-4-19-17-8-6-5-7-16(17)18-12-15-10-13(2)9-14(3)11-15/h5-11,18H,4,12H2,1-3H3. The van der Waals surface area contributed by atoms with Gasteiger partial charge in [-0.25, -0.2) is 0 Å². The predicted molar refractivity (Wildman–Crippen MR) is 80.9 cm³/mol. The fourth-order valence-electron chi connectivity index (χ4n) is 2.26. The number of rotatable bonds is 5. The second kappa shape index (κ2) is 6.28. The summed E-state index contributed by atoms with van der Waals surface area (Å²) in [5.41, 5.74) is 4.94. The van der Waals surface area contributed by atoms with E-state index >= 15 is 0 Å². The van der Waals surface area contributed by atoms with Crippen LogP contribution in [0.25, 0.3) is 0 Å². The third-order valence-corrected chi connectivity index (χ3v) is 2.95. The van der Waals surface area contributed by atoms with Gasteiger partial charge in [0.2, 0.25) is 0 Å². The van der Waals surface area contributed by atoms with Gasteiger partial charge in [-0.15, -0.1) is 0 Å². The Hall–Kier alpha value is -1.96. The van der Waals surface area contributed by atoms with Gasteiger partial charge in [-0.05, 0) is 38.5 Å². The largest absolute Gasteiger partial charge is 0.492 e. The fourth-order valence-corrected chi connectivity index (χ4v) is 2.26. The highest BCUT2D eigenvalue weighted by atomic mass is 16.5. The molecule has 0 aliphatic rings. The van der Waals surface area contributed by atoms with Crippen LogP contribution in [-0.2, 0) is 6.54 Å². The summed E-state index contributed by atoms with van der Waals surface area (Å²) >= 11 is 0. The van der Waals surface area contributed by atoms with Crippen LogP contribution in [0.2, 0.25) is 0 Å². The molecule has 2 aromatic rings. The Bertz CT molecular complexity index is 528. The number of aryl methyl sites for hydroxylation is 2. The molecule has 0 atom stereocenters. The van der Waals surface area contributed by atoms with E-state index in [0.29, 0.717) is 6.61 Å². The fraction of sp³-hybridized carbons (Fsp3) is 0.294. The maximum atomic E-state index is 5.61. The number of anilines is 1. The van der Waals surface area contributed by atoms with Gasteiger partial charge in [0.1, 0.15) is 5.75 Å². The summed E-state index contributed by atoms with van der Waals surface area (Å²) in [6, 6.07) is 14.7. The third-order valence-electron chi connectivity index (χ3n) is 2.95. The van der Waals surface area contributed by atoms with Crippen molar-refractivity contribution in [1.82, 2.24) is 0 Å². The molecule has 2 heteroatoms. The van der Waals surface area contributed by atoms with Gasteiger partial charge in [-0.2, -0.15) is 0 Å². The second-order valence-corrected chi connectivity index (χ2v) is 4.78. The Morgan fingerprint density at radius 3 is 2.37 bits per heavy atom. The zero-order valence-corrected chi connectivity index (χ0v) is 11.9. The molecule has 19 heavy (non-hydrogen) atoms. The van der Waals surface area contributed by atoms with Crippen molar-refractivity contribution in [3.63, 3.8) is 0 Å². The Balaban J connectivity index is 2.09. The van der Waals surface area contributed by atoms with Crippen molar-refractivity contribution >= 4 is 5.69 Å². The van der Waals surface area contributed by atoms with E-state index in [-0.39, 0.29) is 0 Å². The first-order chi connectivity index (χ1) is 9.19. The molecule has 2 rings (SSSR count). The monoisotopic (exact) mass is 255 g/mol. The maximum absolute atomic E-state index is 5.61. The first-order valence-electron chi connectivity index (χ1n) is 6.72. The second-order valence-electron chi connectivity index (χ2n) is 4.78. The molecule has 0 spiro atoms. The first kappa shape index (κ1) is 13.5. The molecule has 0 aliphatic heterocycles. The molecule has 0 heterocycles. The van der Waals surface area contributed by atoms with Gasteiger partial charge in [0.25, 0.3) is 0 Å². The van der Waals surface area contributed by atoms with Crippen molar-refractivity contribution < 1.29 is 4.74 Å². The minimum absolute atomic E-state index is 0.683. The third kappa shape index (κ3) is 3.75. The molecule has 0 fully saturated rings. The van der Waals surface area contributed by atoms with Crippen molar-refractivity contribution in [2.45, 2.75) is 27.3 Å². The molecule has 100 valence electrons. The number of nitrogens with one attached hydrogen (secondary N) is 1. The van der Waals surface area contributed by atoms with Crippen LogP contribution in [-0.4, -0.2) is 6.61 Å². The molecular formula is C17H21NO. The SMILES string of the molecule is CCOc1ccccc1NCc1cc(C)cc(C)c1. The Morgan fingerprint density at radius 1 is 1.00 bits per heavy atom. The van der Waals surface area contributed by atoms with Gasteiger partial charge < -0.3 is 10.1 Å². The molecule has 2 nitrogen and oxygen atoms in total. The van der Waals surface area contributed by atoms with Gasteiger partial charge in [0.15, 0.2) is 0 Å². The van der Waals surface area contributed by atoms with Gasteiger partial charge in [-0.3, -0.25) is 0 Å². The molecule has 2 aromatic carbocycles. The van der Waals surface area contributed by atoms with Gasteiger partial charge in [0.05, 0.1) is 12.3 Å². The van der Waals surface area contributed by atoms with Gasteiger partial charge >= 0.3 is 0 Å². The van der Waals surface area contributed by atoms with Crippen LogP contribution in [0.1, 0.15) is 23.6 Å². The molecular weight excluding hydrogens is 234 g/mol. The van der Waals surface area contributed by atoms with E-state index < -0.39 is 0 Å². The zero-order valence-electron chi connectivity index (χ0n) is 11.9. The molecule has 0 saturated carbocycles. The highest BCUT2D eigenvalue weighted by molar-refractivity contribution is 5.56. The lowest BCUT2D eigenvalue weighted by atomic mass is 10.1. The van der Waals surface area contributed by atoms with Crippen LogP contribution in [0.15, 0.2) is 42.5 Å². The van der Waals surface area contributed by atoms with E-state index in [4.69, 9.17) is 4.74 Å². The minimum Gasteiger partial charge on any atom is -0.492 e. The molecule has 0 saturated heterocycles. The maximum Gasteiger partial charge on any atom is 0.142 e. The number of ether oxygens (including phenoxy) is 1. The van der Waals surface area contributed by atoms with Crippen molar-refractivity contribution in [2.24, 2.45) is 0 Å².